The van der Waals surface area contributed by atoms with Gasteiger partial charge in [-0.3, -0.25) is 4.79 Å². The third-order valence-electron chi connectivity index (χ3n) is 3.04. The van der Waals surface area contributed by atoms with Gasteiger partial charge in [0, 0.05) is 5.56 Å². The Hall–Kier alpha value is -2.75. The lowest BCUT2D eigenvalue weighted by Gasteiger charge is -2.16. The number of hydrogen-bond acceptors (Lipinski definition) is 3. The van der Waals surface area contributed by atoms with E-state index < -0.39 is 5.60 Å². The number of carbonyl (C=O) groups is 1. The molecule has 0 saturated heterocycles. The van der Waals surface area contributed by atoms with Crippen LogP contribution in [-0.2, 0) is 4.79 Å². The lowest BCUT2D eigenvalue weighted by molar-refractivity contribution is -0.111. The predicted octanol–water partition coefficient (Wildman–Crippen LogP) is 1.87. The molecule has 1 aromatic carbocycles. The lowest BCUT2D eigenvalue weighted by atomic mass is 9.93. The van der Waals surface area contributed by atoms with Crippen LogP contribution in [0.25, 0.3) is 0 Å². The monoisotopic (exact) mass is 278 g/mol. The van der Waals surface area contributed by atoms with Crippen molar-refractivity contribution in [3.05, 3.63) is 53.1 Å². The maximum atomic E-state index is 11.3. The highest BCUT2D eigenvalue weighted by atomic mass is 16.3. The van der Waals surface area contributed by atoms with Crippen molar-refractivity contribution < 1.29 is 15.0 Å². The molecule has 0 amide bonds. The number of allylic oxidation sites excluding steroid dienone is 2. The molecular formula is C18H14O3. The third kappa shape index (κ3) is 3.63. The van der Waals surface area contributed by atoms with Crippen molar-refractivity contribution in [2.75, 3.05) is 0 Å². The van der Waals surface area contributed by atoms with Gasteiger partial charge >= 0.3 is 0 Å². The van der Waals surface area contributed by atoms with Crippen LogP contribution in [0.4, 0.5) is 0 Å². The molecule has 1 atom stereocenters. The standard InChI is InChI=1S/C18H14O3/c1-13-11-15(6-7-16(13)19)5-3-4-9-18(21)10-8-17(20)14(2)12-18/h6-8,10-12,19,21H,1-2H3. The Balaban J connectivity index is 2.18. The SMILES string of the molecule is CC1=CC(O)(C#CC#Cc2ccc(O)c(C)c2)C=CC1=O. The Bertz CT molecular complexity index is 776. The number of aliphatic hydroxyl groups is 1. The van der Waals surface area contributed by atoms with Gasteiger partial charge in [0.25, 0.3) is 0 Å². The van der Waals surface area contributed by atoms with Gasteiger partial charge in [-0.1, -0.05) is 5.92 Å². The van der Waals surface area contributed by atoms with Gasteiger partial charge in [0.15, 0.2) is 11.4 Å². The Kier molecular flexibility index (Phi) is 3.98. The number of phenols is 1. The molecule has 1 aliphatic carbocycles. The molecule has 1 aliphatic rings. The summed E-state index contributed by atoms with van der Waals surface area (Å²) in [7, 11) is 0. The van der Waals surface area contributed by atoms with Crippen molar-refractivity contribution in [1.82, 2.24) is 0 Å². The van der Waals surface area contributed by atoms with Gasteiger partial charge < -0.3 is 10.2 Å². The van der Waals surface area contributed by atoms with Crippen LogP contribution in [-0.4, -0.2) is 21.6 Å². The van der Waals surface area contributed by atoms with Gasteiger partial charge in [0.1, 0.15) is 5.75 Å². The maximum absolute atomic E-state index is 11.3. The van der Waals surface area contributed by atoms with Crippen molar-refractivity contribution >= 4 is 5.78 Å². The quantitative estimate of drug-likeness (QED) is 0.712. The number of phenolic OH excluding ortho intramolecular Hbond substituents is 1. The maximum Gasteiger partial charge on any atom is 0.181 e. The van der Waals surface area contributed by atoms with Crippen molar-refractivity contribution in [1.29, 1.82) is 0 Å². The van der Waals surface area contributed by atoms with Crippen molar-refractivity contribution in [2.45, 2.75) is 19.4 Å². The number of carbonyl (C=O) groups excluding carboxylic acids is 1. The Labute approximate surface area is 123 Å². The van der Waals surface area contributed by atoms with Crippen molar-refractivity contribution in [2.24, 2.45) is 0 Å². The summed E-state index contributed by atoms with van der Waals surface area (Å²) in [6, 6.07) is 5.01. The molecule has 0 bridgehead atoms. The van der Waals surface area contributed by atoms with Gasteiger partial charge in [-0.2, -0.15) is 0 Å². The largest absolute Gasteiger partial charge is 0.508 e. The van der Waals surface area contributed by atoms with E-state index in [1.54, 1.807) is 32.0 Å². The molecule has 3 heteroatoms. The topological polar surface area (TPSA) is 57.5 Å². The summed E-state index contributed by atoms with van der Waals surface area (Å²) in [5, 5.41) is 19.6. The van der Waals surface area contributed by atoms with Gasteiger partial charge in [0.05, 0.1) is 0 Å². The van der Waals surface area contributed by atoms with E-state index in [2.05, 4.69) is 23.7 Å². The molecule has 21 heavy (non-hydrogen) atoms. The molecule has 3 nitrogen and oxygen atoms in total. The fourth-order valence-electron chi connectivity index (χ4n) is 1.83. The highest BCUT2D eigenvalue weighted by Crippen LogP contribution is 2.17. The average molecular weight is 278 g/mol. The van der Waals surface area contributed by atoms with E-state index in [0.717, 1.165) is 11.1 Å². The number of benzene rings is 1. The smallest absolute Gasteiger partial charge is 0.181 e. The average Bonchev–Trinajstić information content (AvgIpc) is 2.44. The first-order valence-corrected chi connectivity index (χ1v) is 6.38. The summed E-state index contributed by atoms with van der Waals surface area (Å²) in [5.74, 6) is 10.8. The summed E-state index contributed by atoms with van der Waals surface area (Å²) in [6.45, 7) is 3.41. The van der Waals surface area contributed by atoms with Crippen LogP contribution >= 0.6 is 0 Å². The number of rotatable bonds is 0. The molecule has 0 aliphatic heterocycles. The van der Waals surface area contributed by atoms with Gasteiger partial charge in [-0.25, -0.2) is 0 Å². The van der Waals surface area contributed by atoms with Crippen LogP contribution in [0, 0.1) is 30.6 Å². The van der Waals surface area contributed by atoms with E-state index in [0.29, 0.717) is 5.57 Å². The zero-order chi connectivity index (χ0) is 15.5. The molecule has 0 fully saturated rings. The van der Waals surface area contributed by atoms with E-state index in [9.17, 15) is 15.0 Å². The minimum Gasteiger partial charge on any atom is -0.508 e. The van der Waals surface area contributed by atoms with Crippen molar-refractivity contribution in [3.8, 4) is 29.4 Å². The molecule has 104 valence electrons. The summed E-state index contributed by atoms with van der Waals surface area (Å²) < 4.78 is 0. The molecule has 1 aromatic rings. The van der Waals surface area contributed by atoms with Crippen LogP contribution in [0.2, 0.25) is 0 Å². The fraction of sp³-hybridized carbons (Fsp3) is 0.167. The molecule has 0 heterocycles. The van der Waals surface area contributed by atoms with Gasteiger partial charge in [-0.05, 0) is 79.2 Å². The Morgan fingerprint density at radius 2 is 1.95 bits per heavy atom. The second-order valence-electron chi connectivity index (χ2n) is 4.85. The summed E-state index contributed by atoms with van der Waals surface area (Å²) >= 11 is 0. The van der Waals surface area contributed by atoms with Gasteiger partial charge in [0.2, 0.25) is 0 Å². The Morgan fingerprint density at radius 1 is 1.19 bits per heavy atom. The molecule has 0 aromatic heterocycles. The highest BCUT2D eigenvalue weighted by Gasteiger charge is 2.22. The van der Waals surface area contributed by atoms with E-state index in [1.165, 1.54) is 18.2 Å². The molecule has 2 rings (SSSR count). The van der Waals surface area contributed by atoms with Crippen molar-refractivity contribution in [3.63, 3.8) is 0 Å². The molecule has 0 spiro atoms. The lowest BCUT2D eigenvalue weighted by Crippen LogP contribution is -2.25. The first-order valence-electron chi connectivity index (χ1n) is 6.38. The highest BCUT2D eigenvalue weighted by molar-refractivity contribution is 6.05. The third-order valence-corrected chi connectivity index (χ3v) is 3.04. The minimum absolute atomic E-state index is 0.132. The number of hydrogen-bond donors (Lipinski definition) is 2. The molecule has 0 saturated carbocycles. The first kappa shape index (κ1) is 14.7. The van der Waals surface area contributed by atoms with E-state index in [4.69, 9.17) is 0 Å². The van der Waals surface area contributed by atoms with E-state index in [-0.39, 0.29) is 11.5 Å². The van der Waals surface area contributed by atoms with Crippen LogP contribution in [0.1, 0.15) is 18.1 Å². The fourth-order valence-corrected chi connectivity index (χ4v) is 1.83. The number of ketones is 1. The summed E-state index contributed by atoms with van der Waals surface area (Å²) in [4.78, 5) is 11.3. The number of aryl methyl sites for hydroxylation is 1. The summed E-state index contributed by atoms with van der Waals surface area (Å²) in [6.07, 6.45) is 4.07. The van der Waals surface area contributed by atoms with Crippen LogP contribution in [0.15, 0.2) is 42.0 Å². The normalized spacial score (nSPS) is 20.0. The molecule has 2 N–H and O–H groups in total. The van der Waals surface area contributed by atoms with E-state index >= 15 is 0 Å². The van der Waals surface area contributed by atoms with Gasteiger partial charge in [-0.15, -0.1) is 0 Å². The van der Waals surface area contributed by atoms with Crippen LogP contribution in [0.3, 0.4) is 0 Å². The zero-order valence-corrected chi connectivity index (χ0v) is 11.8. The second kappa shape index (κ2) is 5.71. The first-order chi connectivity index (χ1) is 9.89. The zero-order valence-electron chi connectivity index (χ0n) is 11.8. The Morgan fingerprint density at radius 3 is 2.62 bits per heavy atom. The molecule has 0 radical (unpaired) electrons. The van der Waals surface area contributed by atoms with Crippen LogP contribution < -0.4 is 0 Å². The summed E-state index contributed by atoms with van der Waals surface area (Å²) in [5.41, 5.74) is 0.474. The number of aromatic hydroxyl groups is 1. The molecular weight excluding hydrogens is 264 g/mol. The minimum atomic E-state index is -1.45. The van der Waals surface area contributed by atoms with E-state index in [1.807, 2.05) is 0 Å². The second-order valence-corrected chi connectivity index (χ2v) is 4.85. The predicted molar refractivity (Wildman–Crippen MR) is 80.4 cm³/mol. The molecule has 1 unspecified atom stereocenters. The van der Waals surface area contributed by atoms with Crippen LogP contribution in [0.5, 0.6) is 5.75 Å².